The number of para-hydroxylation sites is 1. The molecule has 1 aromatic carbocycles. The number of hydrogen-bond donors (Lipinski definition) is 2. The number of esters is 1. The van der Waals surface area contributed by atoms with E-state index in [1.807, 2.05) is 0 Å². The first-order valence-corrected chi connectivity index (χ1v) is 9.27. The highest BCUT2D eigenvalue weighted by atomic mass is 32.1. The van der Waals surface area contributed by atoms with Crippen molar-refractivity contribution in [3.05, 3.63) is 52.5 Å². The van der Waals surface area contributed by atoms with Crippen molar-refractivity contribution in [3.8, 4) is 0 Å². The SMILES string of the molecule is CC(C)[C@H](NC(=O)c1cccs1)C(=O)O[C@H](C)C(=O)Nc1ccccc1F. The summed E-state index contributed by atoms with van der Waals surface area (Å²) in [5.74, 6) is -2.62. The molecule has 0 aliphatic heterocycles. The van der Waals surface area contributed by atoms with Gasteiger partial charge in [0.2, 0.25) is 0 Å². The third-order valence-corrected chi connectivity index (χ3v) is 4.61. The smallest absolute Gasteiger partial charge is 0.329 e. The molecule has 0 aliphatic carbocycles. The first kappa shape index (κ1) is 20.6. The summed E-state index contributed by atoms with van der Waals surface area (Å²) in [4.78, 5) is 37.3. The molecule has 1 aromatic heterocycles. The molecule has 0 saturated heterocycles. The van der Waals surface area contributed by atoms with Crippen molar-refractivity contribution < 1.29 is 23.5 Å². The average Bonchev–Trinajstić information content (AvgIpc) is 3.15. The lowest BCUT2D eigenvalue weighted by atomic mass is 10.0. The molecule has 2 atom stereocenters. The van der Waals surface area contributed by atoms with Crippen molar-refractivity contribution in [3.63, 3.8) is 0 Å². The number of benzene rings is 1. The Bertz CT molecular complexity index is 808. The predicted molar refractivity (Wildman–Crippen MR) is 101 cm³/mol. The summed E-state index contributed by atoms with van der Waals surface area (Å²) in [6, 6.07) is 8.15. The molecule has 0 saturated carbocycles. The Morgan fingerprint density at radius 3 is 2.37 bits per heavy atom. The molecule has 6 nitrogen and oxygen atoms in total. The molecule has 0 bridgehead atoms. The third kappa shape index (κ3) is 5.62. The van der Waals surface area contributed by atoms with Gasteiger partial charge >= 0.3 is 5.97 Å². The van der Waals surface area contributed by atoms with Gasteiger partial charge in [-0.3, -0.25) is 9.59 Å². The van der Waals surface area contributed by atoms with E-state index in [2.05, 4.69) is 10.6 Å². The molecule has 2 N–H and O–H groups in total. The van der Waals surface area contributed by atoms with Crippen LogP contribution in [0, 0.1) is 11.7 Å². The molecule has 144 valence electrons. The van der Waals surface area contributed by atoms with Crippen LogP contribution in [0.2, 0.25) is 0 Å². The van der Waals surface area contributed by atoms with E-state index < -0.39 is 29.8 Å². The zero-order valence-corrected chi connectivity index (χ0v) is 16.0. The number of nitrogens with one attached hydrogen (secondary N) is 2. The highest BCUT2D eigenvalue weighted by molar-refractivity contribution is 7.12. The molecule has 2 aromatic rings. The summed E-state index contributed by atoms with van der Waals surface area (Å²) < 4.78 is 18.8. The quantitative estimate of drug-likeness (QED) is 0.709. The van der Waals surface area contributed by atoms with Crippen molar-refractivity contribution in [2.75, 3.05) is 5.32 Å². The Morgan fingerprint density at radius 2 is 1.78 bits per heavy atom. The predicted octanol–water partition coefficient (Wildman–Crippen LogP) is 3.21. The Balaban J connectivity index is 1.98. The highest BCUT2D eigenvalue weighted by Gasteiger charge is 2.29. The van der Waals surface area contributed by atoms with Crippen molar-refractivity contribution in [1.29, 1.82) is 0 Å². The molecule has 27 heavy (non-hydrogen) atoms. The van der Waals surface area contributed by atoms with Gasteiger partial charge in [-0.2, -0.15) is 0 Å². The molecule has 0 aliphatic rings. The van der Waals surface area contributed by atoms with Gasteiger partial charge in [0.1, 0.15) is 11.9 Å². The molecule has 8 heteroatoms. The number of anilines is 1. The fraction of sp³-hybridized carbons (Fsp3) is 0.316. The molecule has 0 unspecified atom stereocenters. The number of halogens is 1. The molecule has 2 amide bonds. The van der Waals surface area contributed by atoms with Gasteiger partial charge in [0.25, 0.3) is 11.8 Å². The van der Waals surface area contributed by atoms with Crippen LogP contribution in [0.4, 0.5) is 10.1 Å². The summed E-state index contributed by atoms with van der Waals surface area (Å²) in [5.41, 5.74) is -0.00296. The van der Waals surface area contributed by atoms with Crippen molar-refractivity contribution >= 4 is 34.8 Å². The van der Waals surface area contributed by atoms with Gasteiger partial charge in [-0.1, -0.05) is 32.0 Å². The van der Waals surface area contributed by atoms with Crippen LogP contribution in [-0.2, 0) is 14.3 Å². The summed E-state index contributed by atoms with van der Waals surface area (Å²) in [6.07, 6.45) is -1.16. The molecule has 0 fully saturated rings. The first-order chi connectivity index (χ1) is 12.8. The maximum absolute atomic E-state index is 13.6. The second-order valence-electron chi connectivity index (χ2n) is 6.22. The lowest BCUT2D eigenvalue weighted by molar-refractivity contribution is -0.156. The second-order valence-corrected chi connectivity index (χ2v) is 7.17. The standard InChI is InChI=1S/C19H21FN2O4S/c1-11(2)16(22-18(24)15-9-6-10-27-15)19(25)26-12(3)17(23)21-14-8-5-4-7-13(14)20/h4-12,16H,1-3H3,(H,21,23)(H,22,24)/t12-,16+/m1/s1. The van der Waals surface area contributed by atoms with Gasteiger partial charge < -0.3 is 15.4 Å². The summed E-state index contributed by atoms with van der Waals surface area (Å²) in [6.45, 7) is 4.89. The molecular weight excluding hydrogens is 371 g/mol. The molecule has 0 spiro atoms. The van der Waals surface area contributed by atoms with E-state index in [9.17, 15) is 18.8 Å². The first-order valence-electron chi connectivity index (χ1n) is 8.40. The van der Waals surface area contributed by atoms with Crippen LogP contribution in [0.25, 0.3) is 0 Å². The third-order valence-electron chi connectivity index (χ3n) is 3.75. The van der Waals surface area contributed by atoms with Gasteiger partial charge in [0.15, 0.2) is 6.10 Å². The van der Waals surface area contributed by atoms with E-state index in [1.54, 1.807) is 37.4 Å². The van der Waals surface area contributed by atoms with Crippen LogP contribution < -0.4 is 10.6 Å². The van der Waals surface area contributed by atoms with E-state index in [1.165, 1.54) is 36.5 Å². The summed E-state index contributed by atoms with van der Waals surface area (Å²) >= 11 is 1.25. The number of amides is 2. The van der Waals surface area contributed by atoms with Crippen molar-refractivity contribution in [1.82, 2.24) is 5.32 Å². The zero-order chi connectivity index (χ0) is 20.0. The van der Waals surface area contributed by atoms with E-state index in [-0.39, 0.29) is 17.5 Å². The van der Waals surface area contributed by atoms with Crippen LogP contribution in [0.15, 0.2) is 41.8 Å². The fourth-order valence-corrected chi connectivity index (χ4v) is 2.84. The van der Waals surface area contributed by atoms with Crippen molar-refractivity contribution in [2.45, 2.75) is 32.9 Å². The Labute approximate surface area is 160 Å². The maximum Gasteiger partial charge on any atom is 0.329 e. The van der Waals surface area contributed by atoms with Crippen LogP contribution in [0.3, 0.4) is 0 Å². The van der Waals surface area contributed by atoms with Gasteiger partial charge in [-0.15, -0.1) is 11.3 Å². The Kier molecular flexibility index (Phi) is 7.06. The second kappa shape index (κ2) is 9.27. The van der Waals surface area contributed by atoms with Crippen LogP contribution in [0.5, 0.6) is 0 Å². The van der Waals surface area contributed by atoms with Crippen LogP contribution in [-0.4, -0.2) is 29.9 Å². The number of hydrogen-bond acceptors (Lipinski definition) is 5. The number of ether oxygens (including phenoxy) is 1. The Hall–Kier alpha value is -2.74. The largest absolute Gasteiger partial charge is 0.451 e. The van der Waals surface area contributed by atoms with Gasteiger partial charge in [0, 0.05) is 0 Å². The average molecular weight is 392 g/mol. The van der Waals surface area contributed by atoms with Gasteiger partial charge in [-0.05, 0) is 36.4 Å². The number of thiophene rings is 1. The molecule has 0 radical (unpaired) electrons. The normalized spacial score (nSPS) is 12.9. The Morgan fingerprint density at radius 1 is 1.07 bits per heavy atom. The van der Waals surface area contributed by atoms with E-state index in [0.29, 0.717) is 4.88 Å². The minimum atomic E-state index is -1.16. The number of rotatable bonds is 7. The molecule has 2 rings (SSSR count). The van der Waals surface area contributed by atoms with Gasteiger partial charge in [0.05, 0.1) is 10.6 Å². The minimum absolute atomic E-state index is 0.00296. The highest BCUT2D eigenvalue weighted by Crippen LogP contribution is 2.14. The monoisotopic (exact) mass is 392 g/mol. The topological polar surface area (TPSA) is 84.5 Å². The van der Waals surface area contributed by atoms with Gasteiger partial charge in [-0.25, -0.2) is 9.18 Å². The molecule has 1 heterocycles. The summed E-state index contributed by atoms with van der Waals surface area (Å²) in [7, 11) is 0. The van der Waals surface area contributed by atoms with E-state index in [0.717, 1.165) is 0 Å². The lowest BCUT2D eigenvalue weighted by Gasteiger charge is -2.22. The number of carbonyl (C=O) groups is 3. The zero-order valence-electron chi connectivity index (χ0n) is 15.2. The maximum atomic E-state index is 13.6. The fourth-order valence-electron chi connectivity index (χ4n) is 2.22. The minimum Gasteiger partial charge on any atom is -0.451 e. The van der Waals surface area contributed by atoms with Crippen LogP contribution >= 0.6 is 11.3 Å². The van der Waals surface area contributed by atoms with Crippen molar-refractivity contribution in [2.24, 2.45) is 5.92 Å². The number of carbonyl (C=O) groups excluding carboxylic acids is 3. The lowest BCUT2D eigenvalue weighted by Crippen LogP contribution is -2.47. The van der Waals surface area contributed by atoms with Crippen LogP contribution in [0.1, 0.15) is 30.4 Å². The van der Waals surface area contributed by atoms with E-state index in [4.69, 9.17) is 4.74 Å². The summed E-state index contributed by atoms with van der Waals surface area (Å²) in [5, 5.41) is 6.75. The van der Waals surface area contributed by atoms with E-state index >= 15 is 0 Å². The molecular formula is C19H21FN2O4S.